The summed E-state index contributed by atoms with van der Waals surface area (Å²) in [4.78, 5) is 15.4. The van der Waals surface area contributed by atoms with Gasteiger partial charge in [0.1, 0.15) is 17.3 Å². The molecule has 0 saturated carbocycles. The van der Waals surface area contributed by atoms with Crippen molar-refractivity contribution in [1.82, 2.24) is 14.7 Å². The summed E-state index contributed by atoms with van der Waals surface area (Å²) < 4.78 is 7.07. The Balaban J connectivity index is 1.74. The van der Waals surface area contributed by atoms with E-state index in [2.05, 4.69) is 6.07 Å². The molecule has 4 rings (SSSR count). The van der Waals surface area contributed by atoms with E-state index < -0.39 is 0 Å². The maximum absolute atomic E-state index is 12.8. The summed E-state index contributed by atoms with van der Waals surface area (Å²) in [6, 6.07) is 15.8. The van der Waals surface area contributed by atoms with Gasteiger partial charge in [0.05, 0.1) is 23.8 Å². The van der Waals surface area contributed by atoms with Crippen molar-refractivity contribution < 1.29 is 9.53 Å². The fourth-order valence-corrected chi connectivity index (χ4v) is 3.78. The van der Waals surface area contributed by atoms with E-state index in [0.29, 0.717) is 26.3 Å². The number of para-hydroxylation sites is 1. The van der Waals surface area contributed by atoms with E-state index >= 15 is 0 Å². The van der Waals surface area contributed by atoms with Gasteiger partial charge in [0, 0.05) is 24.8 Å². The normalized spacial score (nSPS) is 14.7. The molecule has 1 aliphatic rings. The zero-order valence-electron chi connectivity index (χ0n) is 15.1. The first kappa shape index (κ1) is 18.2. The van der Waals surface area contributed by atoms with Crippen LogP contribution in [0.15, 0.2) is 59.6 Å². The van der Waals surface area contributed by atoms with Crippen molar-refractivity contribution in [1.29, 1.82) is 5.26 Å². The first-order valence-electron chi connectivity index (χ1n) is 8.94. The smallest absolute Gasteiger partial charge is 0.264 e. The molecule has 1 fully saturated rings. The molecule has 0 bridgehead atoms. The number of amides is 1. The third kappa shape index (κ3) is 3.74. The molecule has 0 N–H and O–H groups in total. The van der Waals surface area contributed by atoms with Gasteiger partial charge in [-0.05, 0) is 29.7 Å². The number of aromatic nitrogens is 2. The lowest BCUT2D eigenvalue weighted by molar-refractivity contribution is -0.130. The third-order valence-corrected chi connectivity index (χ3v) is 5.34. The number of benzene rings is 1. The molecule has 1 aromatic carbocycles. The molecule has 7 heteroatoms. The van der Waals surface area contributed by atoms with Gasteiger partial charge in [0.2, 0.25) is 0 Å². The minimum Gasteiger partial charge on any atom is -0.378 e. The van der Waals surface area contributed by atoms with E-state index in [1.807, 2.05) is 54.0 Å². The number of carbonyl (C=O) groups is 1. The number of carbonyl (C=O) groups excluding carboxylic acids is 1. The predicted octanol–water partition coefficient (Wildman–Crippen LogP) is 3.37. The molecule has 0 unspecified atom stereocenters. The molecular formula is C21H18N4O2S. The number of ether oxygens (including phenoxy) is 1. The van der Waals surface area contributed by atoms with Gasteiger partial charge in [-0.1, -0.05) is 24.3 Å². The van der Waals surface area contributed by atoms with Crippen molar-refractivity contribution in [2.24, 2.45) is 0 Å². The van der Waals surface area contributed by atoms with Crippen LogP contribution in [0.5, 0.6) is 0 Å². The van der Waals surface area contributed by atoms with E-state index in [-0.39, 0.29) is 11.5 Å². The average molecular weight is 390 g/mol. The highest BCUT2D eigenvalue weighted by Crippen LogP contribution is 2.29. The van der Waals surface area contributed by atoms with Gasteiger partial charge in [-0.2, -0.15) is 10.4 Å². The summed E-state index contributed by atoms with van der Waals surface area (Å²) in [6.07, 6.45) is 3.49. The van der Waals surface area contributed by atoms with Gasteiger partial charge in [0.25, 0.3) is 5.91 Å². The topological polar surface area (TPSA) is 71.2 Å². The second-order valence-corrected chi connectivity index (χ2v) is 7.21. The van der Waals surface area contributed by atoms with Crippen LogP contribution in [-0.4, -0.2) is 46.9 Å². The van der Waals surface area contributed by atoms with Crippen molar-refractivity contribution in [2.45, 2.75) is 0 Å². The van der Waals surface area contributed by atoms with Crippen molar-refractivity contribution in [2.75, 3.05) is 26.3 Å². The van der Waals surface area contributed by atoms with Crippen molar-refractivity contribution in [3.05, 3.63) is 65.2 Å². The molecule has 6 nitrogen and oxygen atoms in total. The van der Waals surface area contributed by atoms with Crippen LogP contribution >= 0.6 is 11.3 Å². The maximum Gasteiger partial charge on any atom is 0.264 e. The van der Waals surface area contributed by atoms with Crippen LogP contribution in [0, 0.1) is 11.3 Å². The summed E-state index contributed by atoms with van der Waals surface area (Å²) in [5, 5.41) is 16.3. The first-order chi connectivity index (χ1) is 13.8. The number of nitrogens with zero attached hydrogens (tertiary/aromatic N) is 4. The van der Waals surface area contributed by atoms with E-state index in [1.165, 1.54) is 0 Å². The van der Waals surface area contributed by atoms with Gasteiger partial charge in [-0.25, -0.2) is 4.68 Å². The third-order valence-electron chi connectivity index (χ3n) is 4.47. The summed E-state index contributed by atoms with van der Waals surface area (Å²) in [5.41, 5.74) is 2.51. The van der Waals surface area contributed by atoms with Crippen LogP contribution in [0.1, 0.15) is 5.56 Å². The molecule has 0 aliphatic carbocycles. The number of hydrogen-bond acceptors (Lipinski definition) is 5. The van der Waals surface area contributed by atoms with Crippen LogP contribution in [0.25, 0.3) is 22.3 Å². The van der Waals surface area contributed by atoms with Gasteiger partial charge < -0.3 is 9.64 Å². The molecule has 3 aromatic rings. The number of thiophene rings is 1. The molecule has 0 radical (unpaired) electrons. The largest absolute Gasteiger partial charge is 0.378 e. The first-order valence-corrected chi connectivity index (χ1v) is 9.82. The molecule has 3 heterocycles. The molecule has 1 saturated heterocycles. The molecule has 0 atom stereocenters. The minimum absolute atomic E-state index is 0.104. The van der Waals surface area contributed by atoms with Crippen LogP contribution in [0.2, 0.25) is 0 Å². The summed E-state index contributed by atoms with van der Waals surface area (Å²) in [6.45, 7) is 1.99. The number of morpholine rings is 1. The Labute approximate surface area is 166 Å². The van der Waals surface area contributed by atoms with Crippen LogP contribution in [0.3, 0.4) is 0 Å². The summed E-state index contributed by atoms with van der Waals surface area (Å²) >= 11 is 1.57. The zero-order valence-corrected chi connectivity index (χ0v) is 15.9. The molecule has 28 heavy (non-hydrogen) atoms. The highest BCUT2D eigenvalue weighted by Gasteiger charge is 2.22. The number of hydrogen-bond donors (Lipinski definition) is 0. The Bertz CT molecular complexity index is 1030. The fourth-order valence-electron chi connectivity index (χ4n) is 3.04. The number of rotatable bonds is 4. The molecule has 140 valence electrons. The van der Waals surface area contributed by atoms with Crippen LogP contribution < -0.4 is 0 Å². The second-order valence-electron chi connectivity index (χ2n) is 6.26. The minimum atomic E-state index is -0.268. The van der Waals surface area contributed by atoms with Crippen LogP contribution in [0.4, 0.5) is 0 Å². The van der Waals surface area contributed by atoms with E-state index in [9.17, 15) is 10.1 Å². The standard InChI is InChI=1S/C21H18N4O2S/c22-14-16(21(26)24-8-10-27-11-9-24)13-17-15-25(18-5-2-1-3-6-18)23-20(17)19-7-4-12-28-19/h1-7,12-13,15H,8-11H2/b16-13+. The van der Waals surface area contributed by atoms with E-state index in [4.69, 9.17) is 9.84 Å². The lowest BCUT2D eigenvalue weighted by atomic mass is 10.1. The Morgan fingerprint density at radius 3 is 2.64 bits per heavy atom. The van der Waals surface area contributed by atoms with Crippen LogP contribution in [-0.2, 0) is 9.53 Å². The summed E-state index contributed by atoms with van der Waals surface area (Å²) in [7, 11) is 0. The van der Waals surface area contributed by atoms with E-state index in [1.54, 1.807) is 27.0 Å². The Hall–Kier alpha value is -3.21. The van der Waals surface area contributed by atoms with Gasteiger partial charge in [-0.3, -0.25) is 4.79 Å². The SMILES string of the molecule is N#C/C(=C\c1cn(-c2ccccc2)nc1-c1cccs1)C(=O)N1CCOCC1. The highest BCUT2D eigenvalue weighted by molar-refractivity contribution is 7.13. The van der Waals surface area contributed by atoms with Gasteiger partial charge in [-0.15, -0.1) is 11.3 Å². The summed E-state index contributed by atoms with van der Waals surface area (Å²) in [5.74, 6) is -0.268. The lowest BCUT2D eigenvalue weighted by Gasteiger charge is -2.26. The van der Waals surface area contributed by atoms with E-state index in [0.717, 1.165) is 21.8 Å². The monoisotopic (exact) mass is 390 g/mol. The molecule has 2 aromatic heterocycles. The molecule has 1 amide bonds. The zero-order chi connectivity index (χ0) is 19.3. The van der Waals surface area contributed by atoms with Crippen molar-refractivity contribution in [3.8, 4) is 22.3 Å². The van der Waals surface area contributed by atoms with Gasteiger partial charge >= 0.3 is 0 Å². The second kappa shape index (κ2) is 8.21. The molecule has 1 aliphatic heterocycles. The van der Waals surface area contributed by atoms with Crippen molar-refractivity contribution in [3.63, 3.8) is 0 Å². The lowest BCUT2D eigenvalue weighted by Crippen LogP contribution is -2.41. The quantitative estimate of drug-likeness (QED) is 0.506. The Morgan fingerprint density at radius 2 is 1.96 bits per heavy atom. The highest BCUT2D eigenvalue weighted by atomic mass is 32.1. The maximum atomic E-state index is 12.8. The Morgan fingerprint density at radius 1 is 1.18 bits per heavy atom. The molecular weight excluding hydrogens is 372 g/mol. The van der Waals surface area contributed by atoms with Gasteiger partial charge in [0.15, 0.2) is 0 Å². The average Bonchev–Trinajstić information content (AvgIpc) is 3.42. The fraction of sp³-hybridized carbons (Fsp3) is 0.190. The molecule has 0 spiro atoms. The Kier molecular flexibility index (Phi) is 5.33. The predicted molar refractivity (Wildman–Crippen MR) is 108 cm³/mol. The van der Waals surface area contributed by atoms with Crippen molar-refractivity contribution >= 4 is 23.3 Å². The number of nitriles is 1.